The summed E-state index contributed by atoms with van der Waals surface area (Å²) in [6.07, 6.45) is 1.18. The zero-order valence-corrected chi connectivity index (χ0v) is 11.1. The van der Waals surface area contributed by atoms with Gasteiger partial charge in [0, 0.05) is 12.2 Å². The summed E-state index contributed by atoms with van der Waals surface area (Å²) in [5.74, 6) is 1.46. The van der Waals surface area contributed by atoms with Crippen molar-refractivity contribution in [1.82, 2.24) is 20.2 Å². The van der Waals surface area contributed by atoms with Crippen LogP contribution in [0.1, 0.15) is 26.1 Å². The first kappa shape index (κ1) is 12.5. The van der Waals surface area contributed by atoms with Crippen LogP contribution < -0.4 is 5.32 Å². The van der Waals surface area contributed by atoms with Gasteiger partial charge in [0.15, 0.2) is 5.82 Å². The third kappa shape index (κ3) is 2.85. The summed E-state index contributed by atoms with van der Waals surface area (Å²) in [6, 6.07) is 8.13. The maximum absolute atomic E-state index is 3.97. The standard InChI is InChI=1S/C13H19N5/c1-4-10(2)9-14-12-6-5-7-13(8-12)18-11(3)15-16-17-18/h5-8,10,14H,4,9H2,1-3H3. The lowest BCUT2D eigenvalue weighted by atomic mass is 10.1. The Morgan fingerprint density at radius 3 is 2.89 bits per heavy atom. The zero-order valence-electron chi connectivity index (χ0n) is 11.1. The highest BCUT2D eigenvalue weighted by molar-refractivity contribution is 5.50. The highest BCUT2D eigenvalue weighted by atomic mass is 15.5. The van der Waals surface area contributed by atoms with E-state index in [-0.39, 0.29) is 0 Å². The van der Waals surface area contributed by atoms with Gasteiger partial charge in [0.2, 0.25) is 0 Å². The molecule has 0 fully saturated rings. The third-order valence-electron chi connectivity index (χ3n) is 3.07. The quantitative estimate of drug-likeness (QED) is 0.879. The largest absolute Gasteiger partial charge is 0.385 e. The molecule has 5 nitrogen and oxygen atoms in total. The van der Waals surface area contributed by atoms with Gasteiger partial charge in [-0.15, -0.1) is 5.10 Å². The molecule has 5 heteroatoms. The van der Waals surface area contributed by atoms with Gasteiger partial charge in [0.05, 0.1) is 5.69 Å². The van der Waals surface area contributed by atoms with Crippen molar-refractivity contribution < 1.29 is 0 Å². The van der Waals surface area contributed by atoms with E-state index in [1.807, 2.05) is 19.1 Å². The van der Waals surface area contributed by atoms with E-state index in [9.17, 15) is 0 Å². The third-order valence-corrected chi connectivity index (χ3v) is 3.07. The molecular weight excluding hydrogens is 226 g/mol. The maximum atomic E-state index is 3.97. The number of aryl methyl sites for hydroxylation is 1. The molecule has 0 radical (unpaired) electrons. The number of tetrazole rings is 1. The van der Waals surface area contributed by atoms with Crippen LogP contribution in [0.25, 0.3) is 5.69 Å². The molecule has 0 saturated heterocycles. The van der Waals surface area contributed by atoms with E-state index in [2.05, 4.69) is 46.8 Å². The van der Waals surface area contributed by atoms with E-state index in [1.54, 1.807) is 4.68 Å². The molecule has 0 bridgehead atoms. The van der Waals surface area contributed by atoms with Crippen molar-refractivity contribution in [2.45, 2.75) is 27.2 Å². The van der Waals surface area contributed by atoms with E-state index in [0.29, 0.717) is 5.92 Å². The Morgan fingerprint density at radius 2 is 2.22 bits per heavy atom. The van der Waals surface area contributed by atoms with Crippen LogP contribution in [0.2, 0.25) is 0 Å². The van der Waals surface area contributed by atoms with Crippen LogP contribution in [0.4, 0.5) is 5.69 Å². The van der Waals surface area contributed by atoms with Gasteiger partial charge in [-0.2, -0.15) is 4.68 Å². The fourth-order valence-corrected chi connectivity index (χ4v) is 1.65. The second-order valence-corrected chi connectivity index (χ2v) is 4.58. The number of benzene rings is 1. The Hall–Kier alpha value is -1.91. The molecule has 0 aliphatic carbocycles. The molecule has 1 atom stereocenters. The van der Waals surface area contributed by atoms with E-state index in [1.165, 1.54) is 6.42 Å². The lowest BCUT2D eigenvalue weighted by Gasteiger charge is -2.12. The van der Waals surface area contributed by atoms with E-state index in [0.717, 1.165) is 23.7 Å². The van der Waals surface area contributed by atoms with Gasteiger partial charge < -0.3 is 5.32 Å². The smallest absolute Gasteiger partial charge is 0.153 e. The topological polar surface area (TPSA) is 55.6 Å². The van der Waals surface area contributed by atoms with Crippen LogP contribution in [0.3, 0.4) is 0 Å². The van der Waals surface area contributed by atoms with E-state index >= 15 is 0 Å². The molecule has 96 valence electrons. The van der Waals surface area contributed by atoms with E-state index in [4.69, 9.17) is 0 Å². The van der Waals surface area contributed by atoms with Crippen LogP contribution >= 0.6 is 0 Å². The van der Waals surface area contributed by atoms with Gasteiger partial charge in [0.25, 0.3) is 0 Å². The number of nitrogens with zero attached hydrogens (tertiary/aromatic N) is 4. The van der Waals surface area contributed by atoms with E-state index < -0.39 is 0 Å². The number of rotatable bonds is 5. The molecule has 1 aromatic heterocycles. The monoisotopic (exact) mass is 245 g/mol. The fraction of sp³-hybridized carbons (Fsp3) is 0.462. The predicted molar refractivity (Wildman–Crippen MR) is 71.8 cm³/mol. The SMILES string of the molecule is CCC(C)CNc1cccc(-n2nnnc2C)c1. The number of nitrogens with one attached hydrogen (secondary N) is 1. The van der Waals surface area contributed by atoms with Gasteiger partial charge in [-0.1, -0.05) is 26.3 Å². The lowest BCUT2D eigenvalue weighted by molar-refractivity contribution is 0.593. The highest BCUT2D eigenvalue weighted by Crippen LogP contribution is 2.15. The van der Waals surface area contributed by atoms with Gasteiger partial charge in [0.1, 0.15) is 0 Å². The second kappa shape index (κ2) is 5.62. The maximum Gasteiger partial charge on any atom is 0.153 e. The molecule has 2 rings (SSSR count). The molecule has 1 aromatic carbocycles. The fourth-order valence-electron chi connectivity index (χ4n) is 1.65. The minimum Gasteiger partial charge on any atom is -0.385 e. The van der Waals surface area contributed by atoms with Crippen molar-refractivity contribution in [2.24, 2.45) is 5.92 Å². The molecule has 0 aliphatic heterocycles. The summed E-state index contributed by atoms with van der Waals surface area (Å²) in [7, 11) is 0. The minimum absolute atomic E-state index is 0.670. The Balaban J connectivity index is 2.13. The number of aromatic nitrogens is 4. The molecule has 1 N–H and O–H groups in total. The molecule has 0 aliphatic rings. The molecule has 18 heavy (non-hydrogen) atoms. The normalized spacial score (nSPS) is 12.4. The number of hydrogen-bond donors (Lipinski definition) is 1. The first-order valence-corrected chi connectivity index (χ1v) is 6.30. The van der Waals surface area contributed by atoms with Crippen molar-refractivity contribution in [3.8, 4) is 5.69 Å². The van der Waals surface area contributed by atoms with Gasteiger partial charge in [-0.25, -0.2) is 0 Å². The lowest BCUT2D eigenvalue weighted by Crippen LogP contribution is -2.10. The van der Waals surface area contributed by atoms with Gasteiger partial charge >= 0.3 is 0 Å². The van der Waals surface area contributed by atoms with Crippen LogP contribution in [0.5, 0.6) is 0 Å². The summed E-state index contributed by atoms with van der Waals surface area (Å²) in [6.45, 7) is 7.31. The van der Waals surface area contributed by atoms with Crippen molar-refractivity contribution >= 4 is 5.69 Å². The Bertz CT molecular complexity index is 506. The van der Waals surface area contributed by atoms with Gasteiger partial charge in [-0.3, -0.25) is 0 Å². The Morgan fingerprint density at radius 1 is 1.39 bits per heavy atom. The van der Waals surface area contributed by atoms with Crippen LogP contribution in [-0.4, -0.2) is 26.8 Å². The molecule has 2 aromatic rings. The Kier molecular flexibility index (Phi) is 3.92. The van der Waals surface area contributed by atoms with Crippen LogP contribution in [-0.2, 0) is 0 Å². The van der Waals surface area contributed by atoms with Crippen molar-refractivity contribution in [3.05, 3.63) is 30.1 Å². The summed E-state index contributed by atoms with van der Waals surface area (Å²) in [5, 5.41) is 15.0. The van der Waals surface area contributed by atoms with Crippen LogP contribution in [0.15, 0.2) is 24.3 Å². The molecule has 1 heterocycles. The number of hydrogen-bond acceptors (Lipinski definition) is 4. The molecule has 0 saturated carbocycles. The molecular formula is C13H19N5. The summed E-state index contributed by atoms with van der Waals surface area (Å²) in [4.78, 5) is 0. The van der Waals surface area contributed by atoms with Gasteiger partial charge in [-0.05, 0) is 41.5 Å². The molecule has 0 amide bonds. The first-order chi connectivity index (χ1) is 8.70. The summed E-state index contributed by atoms with van der Waals surface area (Å²) in [5.41, 5.74) is 2.08. The van der Waals surface area contributed by atoms with Crippen molar-refractivity contribution in [1.29, 1.82) is 0 Å². The summed E-state index contributed by atoms with van der Waals surface area (Å²) >= 11 is 0. The minimum atomic E-state index is 0.670. The summed E-state index contributed by atoms with van der Waals surface area (Å²) < 4.78 is 1.73. The average Bonchev–Trinajstić information content (AvgIpc) is 2.82. The zero-order chi connectivity index (χ0) is 13.0. The predicted octanol–water partition coefficient (Wildman–Crippen LogP) is 2.43. The van der Waals surface area contributed by atoms with Crippen molar-refractivity contribution in [2.75, 3.05) is 11.9 Å². The second-order valence-electron chi connectivity index (χ2n) is 4.58. The molecule has 0 spiro atoms. The molecule has 1 unspecified atom stereocenters. The average molecular weight is 245 g/mol. The number of anilines is 1. The highest BCUT2D eigenvalue weighted by Gasteiger charge is 2.04. The van der Waals surface area contributed by atoms with Crippen molar-refractivity contribution in [3.63, 3.8) is 0 Å². The van der Waals surface area contributed by atoms with Crippen LogP contribution in [0, 0.1) is 12.8 Å². The Labute approximate surface area is 107 Å². The first-order valence-electron chi connectivity index (χ1n) is 6.30.